The maximum atomic E-state index is 12.6. The SMILES string of the molecule is Cc1ncc(N)cc1C(=O)N(CCO)C1CCCC1. The molecule has 0 radical (unpaired) electrons. The smallest absolute Gasteiger partial charge is 0.256 e. The van der Waals surface area contributed by atoms with Crippen LogP contribution < -0.4 is 5.73 Å². The van der Waals surface area contributed by atoms with Crippen molar-refractivity contribution in [2.45, 2.75) is 38.6 Å². The molecule has 3 N–H and O–H groups in total. The van der Waals surface area contributed by atoms with E-state index in [0.717, 1.165) is 25.7 Å². The van der Waals surface area contributed by atoms with Crippen molar-refractivity contribution in [1.82, 2.24) is 9.88 Å². The van der Waals surface area contributed by atoms with E-state index in [4.69, 9.17) is 5.73 Å². The Bertz CT molecular complexity index is 456. The molecule has 0 aromatic carbocycles. The van der Waals surface area contributed by atoms with Crippen LogP contribution in [0, 0.1) is 6.92 Å². The Morgan fingerprint density at radius 3 is 2.84 bits per heavy atom. The molecule has 0 spiro atoms. The predicted molar refractivity (Wildman–Crippen MR) is 73.8 cm³/mol. The second-order valence-corrected chi connectivity index (χ2v) is 5.06. The largest absolute Gasteiger partial charge is 0.397 e. The number of pyridine rings is 1. The van der Waals surface area contributed by atoms with E-state index in [-0.39, 0.29) is 18.6 Å². The molecule has 2 rings (SSSR count). The molecule has 0 unspecified atom stereocenters. The van der Waals surface area contributed by atoms with Crippen molar-refractivity contribution < 1.29 is 9.90 Å². The van der Waals surface area contributed by atoms with E-state index < -0.39 is 0 Å². The van der Waals surface area contributed by atoms with Crippen LogP contribution in [0.4, 0.5) is 5.69 Å². The van der Waals surface area contributed by atoms with Crippen LogP contribution in [0.3, 0.4) is 0 Å². The summed E-state index contributed by atoms with van der Waals surface area (Å²) in [7, 11) is 0. The third-order valence-electron chi connectivity index (χ3n) is 3.71. The molecular weight excluding hydrogens is 242 g/mol. The number of hydrogen-bond acceptors (Lipinski definition) is 4. The quantitative estimate of drug-likeness (QED) is 0.859. The van der Waals surface area contributed by atoms with Crippen LogP contribution in [0.15, 0.2) is 12.3 Å². The molecule has 5 heteroatoms. The number of nitrogens with zero attached hydrogens (tertiary/aromatic N) is 2. The lowest BCUT2D eigenvalue weighted by atomic mass is 10.1. The van der Waals surface area contributed by atoms with Gasteiger partial charge in [-0.05, 0) is 25.8 Å². The Labute approximate surface area is 113 Å². The van der Waals surface area contributed by atoms with Crippen LogP contribution in [0.5, 0.6) is 0 Å². The summed E-state index contributed by atoms with van der Waals surface area (Å²) in [6, 6.07) is 1.91. The van der Waals surface area contributed by atoms with Crippen LogP contribution in [0.2, 0.25) is 0 Å². The molecule has 1 fully saturated rings. The summed E-state index contributed by atoms with van der Waals surface area (Å²) >= 11 is 0. The topological polar surface area (TPSA) is 79.5 Å². The minimum absolute atomic E-state index is 0.0168. The number of carbonyl (C=O) groups is 1. The number of rotatable bonds is 4. The van der Waals surface area contributed by atoms with Gasteiger partial charge in [-0.25, -0.2) is 0 Å². The van der Waals surface area contributed by atoms with Crippen LogP contribution in [0.1, 0.15) is 41.7 Å². The van der Waals surface area contributed by atoms with E-state index in [2.05, 4.69) is 4.98 Å². The van der Waals surface area contributed by atoms with E-state index in [1.54, 1.807) is 24.1 Å². The van der Waals surface area contributed by atoms with E-state index in [0.29, 0.717) is 23.5 Å². The lowest BCUT2D eigenvalue weighted by molar-refractivity contribution is 0.0637. The number of aryl methyl sites for hydroxylation is 1. The average Bonchev–Trinajstić information content (AvgIpc) is 2.92. The Morgan fingerprint density at radius 2 is 2.21 bits per heavy atom. The summed E-state index contributed by atoms with van der Waals surface area (Å²) in [5.41, 5.74) is 7.42. The van der Waals surface area contributed by atoms with Gasteiger partial charge in [0, 0.05) is 12.6 Å². The molecule has 104 valence electrons. The first kappa shape index (κ1) is 13.8. The van der Waals surface area contributed by atoms with Crippen molar-refractivity contribution >= 4 is 11.6 Å². The number of aliphatic hydroxyl groups is 1. The molecule has 1 heterocycles. The first-order valence-corrected chi connectivity index (χ1v) is 6.77. The van der Waals surface area contributed by atoms with Gasteiger partial charge < -0.3 is 15.7 Å². The molecule has 1 aliphatic carbocycles. The molecule has 0 bridgehead atoms. The fourth-order valence-electron chi connectivity index (χ4n) is 2.69. The zero-order valence-corrected chi connectivity index (χ0v) is 11.3. The van der Waals surface area contributed by atoms with Gasteiger partial charge in [0.15, 0.2) is 0 Å². The average molecular weight is 263 g/mol. The first-order chi connectivity index (χ1) is 9.13. The number of aromatic nitrogens is 1. The van der Waals surface area contributed by atoms with Gasteiger partial charge in [0.1, 0.15) is 0 Å². The molecule has 5 nitrogen and oxygen atoms in total. The standard InChI is InChI=1S/C14H21N3O2/c1-10-13(8-11(15)9-16-10)14(19)17(6-7-18)12-4-2-3-5-12/h8-9,12,18H,2-7,15H2,1H3. The zero-order valence-electron chi connectivity index (χ0n) is 11.3. The summed E-state index contributed by atoms with van der Waals surface area (Å²) in [5.74, 6) is -0.0711. The minimum atomic E-state index is -0.0711. The molecule has 1 aliphatic rings. The van der Waals surface area contributed by atoms with E-state index in [1.807, 2.05) is 0 Å². The van der Waals surface area contributed by atoms with Gasteiger partial charge in [-0.1, -0.05) is 12.8 Å². The molecular formula is C14H21N3O2. The van der Waals surface area contributed by atoms with E-state index in [9.17, 15) is 9.90 Å². The maximum absolute atomic E-state index is 12.6. The Hall–Kier alpha value is -1.62. The van der Waals surface area contributed by atoms with Crippen LogP contribution >= 0.6 is 0 Å². The highest BCUT2D eigenvalue weighted by Crippen LogP contribution is 2.25. The van der Waals surface area contributed by atoms with Gasteiger partial charge in [-0.2, -0.15) is 0 Å². The third kappa shape index (κ3) is 3.04. The molecule has 1 aromatic heterocycles. The van der Waals surface area contributed by atoms with Gasteiger partial charge in [-0.3, -0.25) is 9.78 Å². The van der Waals surface area contributed by atoms with Crippen molar-refractivity contribution in [3.63, 3.8) is 0 Å². The maximum Gasteiger partial charge on any atom is 0.256 e. The summed E-state index contributed by atoms with van der Waals surface area (Å²) < 4.78 is 0. The second kappa shape index (κ2) is 6.02. The minimum Gasteiger partial charge on any atom is -0.397 e. The highest BCUT2D eigenvalue weighted by molar-refractivity contribution is 5.96. The van der Waals surface area contributed by atoms with Gasteiger partial charge in [-0.15, -0.1) is 0 Å². The number of anilines is 1. The normalized spacial score (nSPS) is 15.7. The molecule has 19 heavy (non-hydrogen) atoms. The van der Waals surface area contributed by atoms with E-state index >= 15 is 0 Å². The summed E-state index contributed by atoms with van der Waals surface area (Å²) in [5, 5.41) is 9.18. The van der Waals surface area contributed by atoms with Crippen LogP contribution in [-0.2, 0) is 0 Å². The molecule has 0 saturated heterocycles. The monoisotopic (exact) mass is 263 g/mol. The van der Waals surface area contributed by atoms with Gasteiger partial charge >= 0.3 is 0 Å². The van der Waals surface area contributed by atoms with Crippen molar-refractivity contribution in [1.29, 1.82) is 0 Å². The van der Waals surface area contributed by atoms with Crippen LogP contribution in [0.25, 0.3) is 0 Å². The number of aliphatic hydroxyl groups excluding tert-OH is 1. The lowest BCUT2D eigenvalue weighted by Gasteiger charge is -2.28. The number of nitrogens with two attached hydrogens (primary N) is 1. The van der Waals surface area contributed by atoms with Gasteiger partial charge in [0.05, 0.1) is 29.7 Å². The molecule has 1 saturated carbocycles. The van der Waals surface area contributed by atoms with Crippen molar-refractivity contribution in [3.05, 3.63) is 23.5 Å². The molecule has 1 aromatic rings. The summed E-state index contributed by atoms with van der Waals surface area (Å²) in [4.78, 5) is 18.5. The van der Waals surface area contributed by atoms with Crippen molar-refractivity contribution in [2.75, 3.05) is 18.9 Å². The molecule has 1 amide bonds. The number of hydrogen-bond donors (Lipinski definition) is 2. The van der Waals surface area contributed by atoms with Crippen LogP contribution in [-0.4, -0.2) is 40.1 Å². The number of nitrogen functional groups attached to an aromatic ring is 1. The fourth-order valence-corrected chi connectivity index (χ4v) is 2.69. The Kier molecular flexibility index (Phi) is 4.37. The van der Waals surface area contributed by atoms with Crippen molar-refractivity contribution in [3.8, 4) is 0 Å². The van der Waals surface area contributed by atoms with Gasteiger partial charge in [0.2, 0.25) is 0 Å². The number of carbonyl (C=O) groups excluding carboxylic acids is 1. The number of amides is 1. The predicted octanol–water partition coefficient (Wildman–Crippen LogP) is 1.35. The Morgan fingerprint density at radius 1 is 1.53 bits per heavy atom. The van der Waals surface area contributed by atoms with E-state index in [1.165, 1.54) is 0 Å². The lowest BCUT2D eigenvalue weighted by Crippen LogP contribution is -2.41. The van der Waals surface area contributed by atoms with Crippen molar-refractivity contribution in [2.24, 2.45) is 0 Å². The molecule has 0 aliphatic heterocycles. The highest BCUT2D eigenvalue weighted by atomic mass is 16.3. The van der Waals surface area contributed by atoms with Gasteiger partial charge in [0.25, 0.3) is 5.91 Å². The summed E-state index contributed by atoms with van der Waals surface area (Å²) in [6.45, 7) is 2.16. The summed E-state index contributed by atoms with van der Waals surface area (Å²) in [6.07, 6.45) is 5.88. The Balaban J connectivity index is 2.25. The second-order valence-electron chi connectivity index (χ2n) is 5.06. The zero-order chi connectivity index (χ0) is 13.8. The third-order valence-corrected chi connectivity index (χ3v) is 3.71. The molecule has 0 atom stereocenters. The fraction of sp³-hybridized carbons (Fsp3) is 0.571. The highest BCUT2D eigenvalue weighted by Gasteiger charge is 2.28. The first-order valence-electron chi connectivity index (χ1n) is 6.77.